The van der Waals surface area contributed by atoms with E-state index in [-0.39, 0.29) is 11.9 Å². The molecule has 11 heteroatoms. The molecule has 224 valence electrons. The molecular weight excluding hydrogens is 534 g/mol. The summed E-state index contributed by atoms with van der Waals surface area (Å²) < 4.78 is 15.7. The summed E-state index contributed by atoms with van der Waals surface area (Å²) in [6.45, 7) is 6.77. The van der Waals surface area contributed by atoms with Crippen molar-refractivity contribution >= 4 is 29.0 Å². The first kappa shape index (κ1) is 29.4. The first-order valence-electron chi connectivity index (χ1n) is 14.6. The lowest BCUT2D eigenvalue weighted by Crippen LogP contribution is -2.45. The van der Waals surface area contributed by atoms with Crippen LogP contribution in [0.25, 0.3) is 28.1 Å². The van der Waals surface area contributed by atoms with Crippen LogP contribution < -0.4 is 15.2 Å². The highest BCUT2D eigenvalue weighted by atomic mass is 16.5. The van der Waals surface area contributed by atoms with Crippen LogP contribution in [0.3, 0.4) is 0 Å². The molecule has 0 spiro atoms. The predicted octanol–water partition coefficient (Wildman–Crippen LogP) is 3.74. The molecule has 0 aromatic carbocycles. The second-order valence-electron chi connectivity index (χ2n) is 11.3. The Balaban J connectivity index is 0.000000652. The quantitative estimate of drug-likeness (QED) is 0.318. The molecule has 0 bridgehead atoms. The summed E-state index contributed by atoms with van der Waals surface area (Å²) in [5.41, 5.74) is 11.1. The molecule has 42 heavy (non-hydrogen) atoms. The van der Waals surface area contributed by atoms with E-state index in [9.17, 15) is 9.59 Å². The highest BCUT2D eigenvalue weighted by Gasteiger charge is 2.28. The largest absolute Gasteiger partial charge is 0.482 e. The molecule has 11 nitrogen and oxygen atoms in total. The molecular formula is C31H41N7O4. The number of nitrogens with zero attached hydrogens (tertiary/aromatic N) is 6. The fourth-order valence-electron chi connectivity index (χ4n) is 5.45. The number of aromatic nitrogens is 4. The smallest absolute Gasteiger partial charge is 0.254 e. The van der Waals surface area contributed by atoms with Crippen LogP contribution >= 0.6 is 0 Å². The van der Waals surface area contributed by atoms with Crippen LogP contribution in [-0.2, 0) is 11.3 Å². The molecule has 1 atom stereocenters. The topological polar surface area (TPSA) is 120 Å². The third kappa shape index (κ3) is 6.06. The lowest BCUT2D eigenvalue weighted by molar-refractivity contribution is -0.115. The van der Waals surface area contributed by atoms with Crippen molar-refractivity contribution in [1.29, 1.82) is 0 Å². The molecule has 1 unspecified atom stereocenters. The van der Waals surface area contributed by atoms with Crippen LogP contribution in [0.1, 0.15) is 48.7 Å². The van der Waals surface area contributed by atoms with E-state index in [1.54, 1.807) is 21.2 Å². The summed E-state index contributed by atoms with van der Waals surface area (Å²) >= 11 is 0. The second kappa shape index (κ2) is 12.4. The van der Waals surface area contributed by atoms with Crippen molar-refractivity contribution in [1.82, 2.24) is 28.7 Å². The summed E-state index contributed by atoms with van der Waals surface area (Å²) in [5, 5.41) is 1.06. The molecule has 2 fully saturated rings. The number of carbonyl (C=O) groups is 2. The lowest BCUT2D eigenvalue weighted by Gasteiger charge is -2.30. The fourth-order valence-corrected chi connectivity index (χ4v) is 5.45. The molecule has 2 aliphatic rings. The monoisotopic (exact) mass is 575 g/mol. The second-order valence-corrected chi connectivity index (χ2v) is 11.3. The highest BCUT2D eigenvalue weighted by molar-refractivity contribution is 5.96. The van der Waals surface area contributed by atoms with Gasteiger partial charge in [-0.2, -0.15) is 4.98 Å². The molecule has 1 aliphatic carbocycles. The van der Waals surface area contributed by atoms with E-state index in [2.05, 4.69) is 16.7 Å². The number of amides is 2. The standard InChI is InChI=1S/C28H34N6O3.C3H7NO/c1-4-37-24-10-9-19-12-22(33(27(19)31-24)15-18-7-8-18)26-17(2)34-23(30-26)13-20(14-25(34)36-3)28(35)32-11-5-6-21(29)16-32;1-4(2)3-5/h9-10,12-14,18,21H,4-8,11,15-16,29H2,1-3H3;3H,1-2H3. The van der Waals surface area contributed by atoms with Gasteiger partial charge < -0.3 is 29.6 Å². The normalized spacial score (nSPS) is 16.7. The zero-order valence-electron chi connectivity index (χ0n) is 25.2. The number of likely N-dealkylation sites (tertiary alicyclic amines) is 1. The molecule has 2 amide bonds. The predicted molar refractivity (Wildman–Crippen MR) is 162 cm³/mol. The van der Waals surface area contributed by atoms with Crippen molar-refractivity contribution in [2.75, 3.05) is 40.9 Å². The van der Waals surface area contributed by atoms with Gasteiger partial charge in [0.05, 0.1) is 25.1 Å². The van der Waals surface area contributed by atoms with Gasteiger partial charge in [-0.3, -0.25) is 14.0 Å². The van der Waals surface area contributed by atoms with E-state index in [0.29, 0.717) is 42.0 Å². The van der Waals surface area contributed by atoms with Crippen LogP contribution in [-0.4, -0.2) is 88.0 Å². The molecule has 1 aliphatic heterocycles. The number of methoxy groups -OCH3 is 1. The van der Waals surface area contributed by atoms with Gasteiger partial charge in [-0.1, -0.05) is 0 Å². The van der Waals surface area contributed by atoms with Gasteiger partial charge in [0.15, 0.2) is 5.88 Å². The Morgan fingerprint density at radius 3 is 2.57 bits per heavy atom. The molecule has 1 saturated heterocycles. The zero-order valence-corrected chi connectivity index (χ0v) is 25.2. The first-order chi connectivity index (χ1) is 20.2. The number of rotatable bonds is 8. The van der Waals surface area contributed by atoms with Crippen molar-refractivity contribution in [3.63, 3.8) is 0 Å². The Hall–Kier alpha value is -4.12. The number of carbonyl (C=O) groups excluding carboxylic acids is 2. The van der Waals surface area contributed by atoms with Crippen LogP contribution in [0.2, 0.25) is 0 Å². The van der Waals surface area contributed by atoms with E-state index < -0.39 is 0 Å². The minimum Gasteiger partial charge on any atom is -0.482 e. The Kier molecular flexibility index (Phi) is 8.67. The van der Waals surface area contributed by atoms with Crippen molar-refractivity contribution in [2.45, 2.75) is 52.1 Å². The maximum atomic E-state index is 13.4. The number of fused-ring (bicyclic) bond motifs is 2. The summed E-state index contributed by atoms with van der Waals surface area (Å²) in [6, 6.07) is 9.83. The average molecular weight is 576 g/mol. The van der Waals surface area contributed by atoms with Crippen LogP contribution in [0.15, 0.2) is 30.3 Å². The van der Waals surface area contributed by atoms with Gasteiger partial charge in [0, 0.05) is 62.9 Å². The molecule has 4 aromatic heterocycles. The first-order valence-corrected chi connectivity index (χ1v) is 14.6. The zero-order chi connectivity index (χ0) is 30.0. The summed E-state index contributed by atoms with van der Waals surface area (Å²) in [4.78, 5) is 35.9. The number of nitrogens with two attached hydrogens (primary N) is 1. The Morgan fingerprint density at radius 1 is 1.17 bits per heavy atom. The fraction of sp³-hybridized carbons (Fsp3) is 0.484. The van der Waals surface area contributed by atoms with Gasteiger partial charge >= 0.3 is 0 Å². The van der Waals surface area contributed by atoms with Gasteiger partial charge in [-0.25, -0.2) is 4.98 Å². The Morgan fingerprint density at radius 2 is 1.93 bits per heavy atom. The van der Waals surface area contributed by atoms with Gasteiger partial charge in [-0.05, 0) is 63.6 Å². The van der Waals surface area contributed by atoms with E-state index in [1.807, 2.05) is 41.3 Å². The SMILES string of the molecule is CCOc1ccc2cc(-c3nc4cc(C(=O)N5CCCC(N)C5)cc(OC)n4c3C)n(CC3CC3)c2n1.CN(C)C=O. The maximum absolute atomic E-state index is 13.4. The van der Waals surface area contributed by atoms with Crippen LogP contribution in [0.4, 0.5) is 0 Å². The molecule has 1 saturated carbocycles. The van der Waals surface area contributed by atoms with E-state index >= 15 is 0 Å². The Labute approximate surface area is 246 Å². The van der Waals surface area contributed by atoms with Gasteiger partial charge in [0.1, 0.15) is 17.0 Å². The Bertz CT molecular complexity index is 1590. The van der Waals surface area contributed by atoms with Crippen molar-refractivity contribution in [2.24, 2.45) is 11.7 Å². The number of hydrogen-bond acceptors (Lipinski definition) is 7. The van der Waals surface area contributed by atoms with E-state index in [0.717, 1.165) is 60.5 Å². The number of ether oxygens (including phenoxy) is 2. The van der Waals surface area contributed by atoms with E-state index in [4.69, 9.17) is 25.2 Å². The van der Waals surface area contributed by atoms with Crippen molar-refractivity contribution in [3.05, 3.63) is 41.6 Å². The van der Waals surface area contributed by atoms with Gasteiger partial charge in [0.25, 0.3) is 5.91 Å². The molecule has 5 heterocycles. The number of aryl methyl sites for hydroxylation is 1. The summed E-state index contributed by atoms with van der Waals surface area (Å²) in [7, 11) is 5.00. The number of piperidine rings is 1. The molecule has 2 N–H and O–H groups in total. The van der Waals surface area contributed by atoms with Gasteiger partial charge in [-0.15, -0.1) is 0 Å². The van der Waals surface area contributed by atoms with Gasteiger partial charge in [0.2, 0.25) is 12.3 Å². The summed E-state index contributed by atoms with van der Waals surface area (Å²) in [5.74, 6) is 1.83. The van der Waals surface area contributed by atoms with E-state index in [1.165, 1.54) is 17.7 Å². The third-order valence-corrected chi connectivity index (χ3v) is 7.72. The van der Waals surface area contributed by atoms with Crippen LogP contribution in [0.5, 0.6) is 11.8 Å². The summed E-state index contributed by atoms with van der Waals surface area (Å²) in [6.07, 6.45) is 5.08. The number of imidazole rings is 1. The highest BCUT2D eigenvalue weighted by Crippen LogP contribution is 2.37. The van der Waals surface area contributed by atoms with Crippen LogP contribution in [0, 0.1) is 12.8 Å². The molecule has 0 radical (unpaired) electrons. The molecule has 6 rings (SSSR count). The maximum Gasteiger partial charge on any atom is 0.254 e. The minimum atomic E-state index is -0.0337. The molecule has 4 aromatic rings. The minimum absolute atomic E-state index is 0.0221. The van der Waals surface area contributed by atoms with Crippen molar-refractivity contribution in [3.8, 4) is 23.1 Å². The number of hydrogen-bond donors (Lipinski definition) is 1. The number of pyridine rings is 2. The average Bonchev–Trinajstić information content (AvgIpc) is 3.66. The third-order valence-electron chi connectivity index (χ3n) is 7.72. The lowest BCUT2D eigenvalue weighted by atomic mass is 10.1. The van der Waals surface area contributed by atoms with Crippen molar-refractivity contribution < 1.29 is 19.1 Å².